The van der Waals surface area contributed by atoms with Gasteiger partial charge in [0.1, 0.15) is 24.7 Å². The van der Waals surface area contributed by atoms with Crippen LogP contribution in [0.4, 0.5) is 0 Å². The van der Waals surface area contributed by atoms with E-state index in [0.717, 1.165) is 0 Å². The first-order chi connectivity index (χ1) is 12.2. The third kappa shape index (κ3) is 5.97. The van der Waals surface area contributed by atoms with Gasteiger partial charge in [-0.1, -0.05) is 0 Å². The molecule has 3 amide bonds. The van der Waals surface area contributed by atoms with Crippen molar-refractivity contribution >= 4 is 29.7 Å². The zero-order valence-corrected chi connectivity index (χ0v) is 13.9. The van der Waals surface area contributed by atoms with Crippen LogP contribution in [0.3, 0.4) is 0 Å². The number of nitrogens with two attached hydrogens (primary N) is 1. The molecule has 0 aliphatic carbocycles. The maximum Gasteiger partial charge on any atom is 0.322 e. The number of likely N-dealkylation sites (tertiary alicyclic amines) is 1. The number of carbonyl (C=O) groups excluding carboxylic acids is 3. The van der Waals surface area contributed by atoms with Crippen LogP contribution in [0.1, 0.15) is 19.3 Å². The predicted octanol–water partition coefficient (Wildman–Crippen LogP) is -3.54. The Labute approximate surface area is 148 Å². The van der Waals surface area contributed by atoms with E-state index in [1.165, 1.54) is 4.90 Å². The van der Waals surface area contributed by atoms with E-state index in [1.807, 2.05) is 5.32 Å². The molecule has 0 bridgehead atoms. The number of rotatable bonds is 9. The van der Waals surface area contributed by atoms with Crippen molar-refractivity contribution < 1.29 is 39.3 Å². The van der Waals surface area contributed by atoms with Gasteiger partial charge in [-0.2, -0.15) is 0 Å². The highest BCUT2D eigenvalue weighted by molar-refractivity contribution is 5.95. The summed E-state index contributed by atoms with van der Waals surface area (Å²) in [6.07, 6.45) is 0.0249. The second-order valence-corrected chi connectivity index (χ2v) is 5.75. The van der Waals surface area contributed by atoms with Crippen LogP contribution < -0.4 is 16.4 Å². The van der Waals surface area contributed by atoms with E-state index in [2.05, 4.69) is 5.32 Å². The number of carboxylic acid groups (broad SMARTS) is 2. The zero-order chi connectivity index (χ0) is 19.9. The summed E-state index contributed by atoms with van der Waals surface area (Å²) in [7, 11) is 0. The number of amides is 3. The van der Waals surface area contributed by atoms with Crippen molar-refractivity contribution in [3.8, 4) is 0 Å². The number of nitrogens with one attached hydrogen (secondary N) is 2. The molecule has 7 N–H and O–H groups in total. The van der Waals surface area contributed by atoms with Gasteiger partial charge in [0.25, 0.3) is 0 Å². The van der Waals surface area contributed by atoms with Crippen LogP contribution in [0.15, 0.2) is 0 Å². The molecule has 0 saturated carbocycles. The van der Waals surface area contributed by atoms with Crippen molar-refractivity contribution in [2.24, 2.45) is 5.73 Å². The Morgan fingerprint density at radius 2 is 1.81 bits per heavy atom. The molecule has 1 rings (SSSR count). The maximum atomic E-state index is 12.4. The van der Waals surface area contributed by atoms with Crippen LogP contribution in [0.2, 0.25) is 0 Å². The molecule has 0 radical (unpaired) electrons. The Balaban J connectivity index is 2.80. The SMILES string of the molecule is NC(CO)C(=O)N1CCCC1C(=O)NC(CC(=O)O)C(=O)NCC(=O)O. The molecule has 1 fully saturated rings. The molecule has 0 spiro atoms. The molecule has 3 atom stereocenters. The number of carboxylic acids is 2. The Morgan fingerprint density at radius 3 is 2.35 bits per heavy atom. The first-order valence-electron chi connectivity index (χ1n) is 7.86. The molecular weight excluding hydrogens is 352 g/mol. The molecule has 1 aliphatic rings. The smallest absolute Gasteiger partial charge is 0.322 e. The Morgan fingerprint density at radius 1 is 1.15 bits per heavy atom. The maximum absolute atomic E-state index is 12.4. The highest BCUT2D eigenvalue weighted by Gasteiger charge is 2.37. The van der Waals surface area contributed by atoms with E-state index in [4.69, 9.17) is 21.1 Å². The summed E-state index contributed by atoms with van der Waals surface area (Å²) in [5.41, 5.74) is 5.47. The summed E-state index contributed by atoms with van der Waals surface area (Å²) in [4.78, 5) is 59.0. The molecule has 12 heteroatoms. The van der Waals surface area contributed by atoms with Gasteiger partial charge in [0.05, 0.1) is 13.0 Å². The van der Waals surface area contributed by atoms with Crippen LogP contribution >= 0.6 is 0 Å². The van der Waals surface area contributed by atoms with Gasteiger partial charge in [0, 0.05) is 6.54 Å². The van der Waals surface area contributed by atoms with Crippen LogP contribution in [0.25, 0.3) is 0 Å². The van der Waals surface area contributed by atoms with Crippen LogP contribution in [-0.4, -0.2) is 87.7 Å². The average molecular weight is 374 g/mol. The monoisotopic (exact) mass is 374 g/mol. The molecule has 1 heterocycles. The Hall–Kier alpha value is -2.73. The second kappa shape index (κ2) is 9.68. The lowest BCUT2D eigenvalue weighted by Crippen LogP contribution is -2.56. The molecule has 26 heavy (non-hydrogen) atoms. The standard InChI is InChI=1S/C14H22N4O8/c15-7(6-19)14(26)18-3-1-2-9(18)13(25)17-8(4-10(20)21)12(24)16-5-11(22)23/h7-9,19H,1-6,15H2,(H,16,24)(H,17,25)(H,20,21)(H,22,23). The number of hydrogen-bond donors (Lipinski definition) is 6. The van der Waals surface area contributed by atoms with Crippen molar-refractivity contribution in [1.29, 1.82) is 0 Å². The first-order valence-corrected chi connectivity index (χ1v) is 7.86. The normalized spacial score (nSPS) is 18.7. The van der Waals surface area contributed by atoms with E-state index in [-0.39, 0.29) is 13.0 Å². The summed E-state index contributed by atoms with van der Waals surface area (Å²) >= 11 is 0. The van der Waals surface area contributed by atoms with Gasteiger partial charge < -0.3 is 36.6 Å². The Bertz CT molecular complexity index is 581. The van der Waals surface area contributed by atoms with Crippen LogP contribution in [0, 0.1) is 0 Å². The van der Waals surface area contributed by atoms with E-state index in [1.54, 1.807) is 0 Å². The molecule has 12 nitrogen and oxygen atoms in total. The summed E-state index contributed by atoms with van der Waals surface area (Å²) in [6.45, 7) is -1.09. The van der Waals surface area contributed by atoms with Crippen molar-refractivity contribution in [1.82, 2.24) is 15.5 Å². The minimum atomic E-state index is -1.50. The minimum absolute atomic E-state index is 0.236. The topological polar surface area (TPSA) is 199 Å². The highest BCUT2D eigenvalue weighted by Crippen LogP contribution is 2.18. The van der Waals surface area contributed by atoms with Gasteiger partial charge in [-0.15, -0.1) is 0 Å². The summed E-state index contributed by atoms with van der Waals surface area (Å²) < 4.78 is 0. The largest absolute Gasteiger partial charge is 0.481 e. The summed E-state index contributed by atoms with van der Waals surface area (Å²) in [6, 6.07) is -3.64. The average Bonchev–Trinajstić information content (AvgIpc) is 3.06. The quantitative estimate of drug-likeness (QED) is 0.236. The number of hydrogen-bond acceptors (Lipinski definition) is 7. The number of aliphatic hydroxyl groups is 1. The molecule has 3 unspecified atom stereocenters. The van der Waals surface area contributed by atoms with Crippen molar-refractivity contribution in [2.75, 3.05) is 19.7 Å². The molecular formula is C14H22N4O8. The highest BCUT2D eigenvalue weighted by atomic mass is 16.4. The number of nitrogens with zero attached hydrogens (tertiary/aromatic N) is 1. The first kappa shape index (κ1) is 21.3. The van der Waals surface area contributed by atoms with Gasteiger partial charge in [-0.25, -0.2) is 0 Å². The van der Waals surface area contributed by atoms with Crippen molar-refractivity contribution in [2.45, 2.75) is 37.4 Å². The number of carbonyl (C=O) groups is 5. The lowest BCUT2D eigenvalue weighted by molar-refractivity contribution is -0.143. The lowest BCUT2D eigenvalue weighted by Gasteiger charge is -2.27. The lowest BCUT2D eigenvalue weighted by atomic mass is 10.1. The Kier molecular flexibility index (Phi) is 7.93. The fourth-order valence-electron chi connectivity index (χ4n) is 2.53. The summed E-state index contributed by atoms with van der Waals surface area (Å²) in [5.74, 6) is -5.05. The molecule has 0 aromatic heterocycles. The van der Waals surface area contributed by atoms with E-state index >= 15 is 0 Å². The van der Waals surface area contributed by atoms with Crippen molar-refractivity contribution in [3.05, 3.63) is 0 Å². The predicted molar refractivity (Wildman–Crippen MR) is 84.6 cm³/mol. The fourth-order valence-corrected chi connectivity index (χ4v) is 2.53. The van der Waals surface area contributed by atoms with Gasteiger partial charge in [-0.3, -0.25) is 24.0 Å². The molecule has 0 aromatic rings. The second-order valence-electron chi connectivity index (χ2n) is 5.75. The van der Waals surface area contributed by atoms with Gasteiger partial charge in [-0.05, 0) is 12.8 Å². The molecule has 146 valence electrons. The van der Waals surface area contributed by atoms with Gasteiger partial charge in [0.2, 0.25) is 17.7 Å². The van der Waals surface area contributed by atoms with Gasteiger partial charge >= 0.3 is 11.9 Å². The third-order valence-electron chi connectivity index (χ3n) is 3.78. The van der Waals surface area contributed by atoms with Crippen LogP contribution in [-0.2, 0) is 24.0 Å². The molecule has 1 aliphatic heterocycles. The minimum Gasteiger partial charge on any atom is -0.481 e. The molecule has 1 saturated heterocycles. The van der Waals surface area contributed by atoms with E-state index in [9.17, 15) is 24.0 Å². The van der Waals surface area contributed by atoms with E-state index < -0.39 is 67.4 Å². The van der Waals surface area contributed by atoms with Crippen LogP contribution in [0.5, 0.6) is 0 Å². The van der Waals surface area contributed by atoms with E-state index in [0.29, 0.717) is 6.42 Å². The summed E-state index contributed by atoms with van der Waals surface area (Å²) in [5, 5.41) is 30.6. The number of aliphatic carboxylic acids is 2. The zero-order valence-electron chi connectivity index (χ0n) is 13.9. The fraction of sp³-hybridized carbons (Fsp3) is 0.643. The van der Waals surface area contributed by atoms with Crippen molar-refractivity contribution in [3.63, 3.8) is 0 Å². The van der Waals surface area contributed by atoms with Gasteiger partial charge in [0.15, 0.2) is 0 Å². The third-order valence-corrected chi connectivity index (χ3v) is 3.78. The molecule has 0 aromatic carbocycles. The number of aliphatic hydroxyl groups excluding tert-OH is 1.